The highest BCUT2D eigenvalue weighted by molar-refractivity contribution is 7.67. The van der Waals surface area contributed by atoms with E-state index in [0.717, 1.165) is 29.8 Å². The number of rotatable bonds is 11. The molecule has 3 aromatic carbocycles. The van der Waals surface area contributed by atoms with Crippen molar-refractivity contribution in [1.29, 1.82) is 0 Å². The van der Waals surface area contributed by atoms with Crippen molar-refractivity contribution in [2.45, 2.75) is 51.9 Å². The zero-order valence-corrected chi connectivity index (χ0v) is 25.9. The number of ether oxygens (including phenoxy) is 2. The topological polar surface area (TPSA) is 60.0 Å². The summed E-state index contributed by atoms with van der Waals surface area (Å²) < 4.78 is 33.9. The van der Waals surface area contributed by atoms with Gasteiger partial charge in [-0.05, 0) is 84.7 Å². The smallest absolute Gasteiger partial charge is 0.258 e. The molecular weight excluding hydrogens is 519 g/mol. The second-order valence-corrected chi connectivity index (χ2v) is 13.9. The third-order valence-electron chi connectivity index (χ3n) is 8.12. The van der Waals surface area contributed by atoms with Gasteiger partial charge in [-0.2, -0.15) is 0 Å². The first-order chi connectivity index (χ1) is 19.2. The van der Waals surface area contributed by atoms with Crippen molar-refractivity contribution in [2.24, 2.45) is 17.8 Å². The molecule has 0 spiro atoms. The average Bonchev–Trinajstić information content (AvgIpc) is 2.96. The molecule has 1 aliphatic carbocycles. The fourth-order valence-electron chi connectivity index (χ4n) is 5.75. The fourth-order valence-corrected chi connectivity index (χ4v) is 8.37. The van der Waals surface area contributed by atoms with Crippen molar-refractivity contribution in [1.82, 2.24) is 0 Å². The first-order valence-corrected chi connectivity index (χ1v) is 15.9. The van der Waals surface area contributed by atoms with Gasteiger partial charge in [-0.15, -0.1) is 0 Å². The van der Waals surface area contributed by atoms with Gasteiger partial charge < -0.3 is 24.2 Å². The van der Waals surface area contributed by atoms with E-state index in [1.807, 2.05) is 91.8 Å². The van der Waals surface area contributed by atoms with Crippen LogP contribution in [0.15, 0.2) is 72.8 Å². The number of hydrogen-bond acceptors (Lipinski definition) is 6. The Kier molecular flexibility index (Phi) is 9.86. The zero-order valence-electron chi connectivity index (χ0n) is 25.0. The maximum atomic E-state index is 15.7. The Labute approximate surface area is 240 Å². The molecule has 1 fully saturated rings. The molecule has 0 radical (unpaired) electrons. The lowest BCUT2D eigenvalue weighted by Crippen LogP contribution is -2.35. The number of nitrogens with one attached hydrogen (secondary N) is 1. The second-order valence-electron chi connectivity index (χ2n) is 11.5. The Balaban J connectivity index is 1.89. The molecule has 0 aliphatic heterocycles. The quantitative estimate of drug-likeness (QED) is 0.239. The molecule has 0 heterocycles. The molecule has 0 bridgehead atoms. The molecule has 0 unspecified atom stereocenters. The number of para-hydroxylation sites is 1. The lowest BCUT2D eigenvalue weighted by atomic mass is 9.75. The third kappa shape index (κ3) is 6.67. The Bertz CT molecular complexity index is 1280. The number of anilines is 2. The standard InChI is InChI=1S/C33H45N2O4P/c1-23(2)29-19-13-24(3)21-31(29)39-40(36,28-17-15-27(16-18-28)35(4)5)33(34-26-11-9-8-10-12-26)25-14-20-30(37-6)32(22-25)38-7/h8-12,14-18,20,22-24,29,31,33-34H,13,19,21H2,1-7H3/t24-,29+,31-,33+,40+/m1/s1. The van der Waals surface area contributed by atoms with Gasteiger partial charge >= 0.3 is 0 Å². The zero-order chi connectivity index (χ0) is 28.9. The van der Waals surface area contributed by atoms with Crippen LogP contribution in [0.3, 0.4) is 0 Å². The third-order valence-corrected chi connectivity index (χ3v) is 10.8. The van der Waals surface area contributed by atoms with Gasteiger partial charge in [-0.3, -0.25) is 4.57 Å². The van der Waals surface area contributed by atoms with Gasteiger partial charge in [0.25, 0.3) is 7.37 Å². The minimum absolute atomic E-state index is 0.108. The summed E-state index contributed by atoms with van der Waals surface area (Å²) in [5, 5.41) is 4.31. The van der Waals surface area contributed by atoms with Crippen molar-refractivity contribution < 1.29 is 18.6 Å². The normalized spacial score (nSPS) is 21.4. The minimum Gasteiger partial charge on any atom is -0.493 e. The molecular formula is C33H45N2O4P. The van der Waals surface area contributed by atoms with Crippen LogP contribution in [-0.4, -0.2) is 34.4 Å². The Morgan fingerprint density at radius 3 is 2.17 bits per heavy atom. The number of nitrogens with zero attached hydrogens (tertiary/aromatic N) is 1. The lowest BCUT2D eigenvalue weighted by Gasteiger charge is -2.41. The van der Waals surface area contributed by atoms with Gasteiger partial charge in [0.15, 0.2) is 11.5 Å². The maximum absolute atomic E-state index is 15.7. The highest BCUT2D eigenvalue weighted by Gasteiger charge is 2.43. The van der Waals surface area contributed by atoms with Crippen molar-refractivity contribution in [3.8, 4) is 11.5 Å². The predicted molar refractivity (Wildman–Crippen MR) is 167 cm³/mol. The van der Waals surface area contributed by atoms with E-state index in [4.69, 9.17) is 14.0 Å². The summed E-state index contributed by atoms with van der Waals surface area (Å²) in [7, 11) is 3.68. The van der Waals surface area contributed by atoms with Crippen LogP contribution in [0.5, 0.6) is 11.5 Å². The fraction of sp³-hybridized carbons (Fsp3) is 0.455. The van der Waals surface area contributed by atoms with E-state index in [0.29, 0.717) is 34.6 Å². The molecule has 40 heavy (non-hydrogen) atoms. The molecule has 1 saturated carbocycles. The summed E-state index contributed by atoms with van der Waals surface area (Å²) in [4.78, 5) is 2.04. The van der Waals surface area contributed by atoms with Crippen LogP contribution < -0.4 is 25.0 Å². The molecule has 3 aromatic rings. The minimum atomic E-state index is -3.57. The van der Waals surface area contributed by atoms with Crippen LogP contribution >= 0.6 is 7.37 Å². The van der Waals surface area contributed by atoms with E-state index in [1.54, 1.807) is 14.2 Å². The molecule has 0 aromatic heterocycles. The molecule has 216 valence electrons. The van der Waals surface area contributed by atoms with Gasteiger partial charge in [0.1, 0.15) is 5.78 Å². The van der Waals surface area contributed by atoms with Gasteiger partial charge in [-0.25, -0.2) is 0 Å². The first-order valence-electron chi connectivity index (χ1n) is 14.3. The monoisotopic (exact) mass is 564 g/mol. The molecule has 4 rings (SSSR count). The summed E-state index contributed by atoms with van der Waals surface area (Å²) in [6.45, 7) is 6.78. The Hall–Kier alpha value is -2.95. The maximum Gasteiger partial charge on any atom is 0.258 e. The molecule has 5 atom stereocenters. The molecule has 1 aliphatic rings. The van der Waals surface area contributed by atoms with E-state index in [2.05, 4.69) is 26.1 Å². The first kappa shape index (κ1) is 30.0. The number of methoxy groups -OCH3 is 2. The van der Waals surface area contributed by atoms with E-state index >= 15 is 4.57 Å². The van der Waals surface area contributed by atoms with E-state index in [1.165, 1.54) is 6.42 Å². The molecule has 7 heteroatoms. The summed E-state index contributed by atoms with van der Waals surface area (Å²) >= 11 is 0. The highest BCUT2D eigenvalue weighted by Crippen LogP contribution is 2.62. The van der Waals surface area contributed by atoms with Crippen LogP contribution in [0.2, 0.25) is 0 Å². The van der Waals surface area contributed by atoms with E-state index in [9.17, 15) is 0 Å². The van der Waals surface area contributed by atoms with Crippen LogP contribution in [-0.2, 0) is 9.09 Å². The summed E-state index contributed by atoms with van der Waals surface area (Å²) in [6, 6.07) is 23.6. The summed E-state index contributed by atoms with van der Waals surface area (Å²) in [5.41, 5.74) is 2.72. The number of benzene rings is 3. The van der Waals surface area contributed by atoms with Crippen LogP contribution in [0.1, 0.15) is 51.4 Å². The molecule has 1 N–H and O–H groups in total. The largest absolute Gasteiger partial charge is 0.493 e. The van der Waals surface area contributed by atoms with Gasteiger partial charge in [-0.1, -0.05) is 51.5 Å². The van der Waals surface area contributed by atoms with Gasteiger partial charge in [0.2, 0.25) is 0 Å². The van der Waals surface area contributed by atoms with Crippen molar-refractivity contribution in [3.05, 3.63) is 78.4 Å². The summed E-state index contributed by atoms with van der Waals surface area (Å²) in [5.74, 6) is 1.85. The molecule has 6 nitrogen and oxygen atoms in total. The van der Waals surface area contributed by atoms with Crippen molar-refractivity contribution in [2.75, 3.05) is 38.5 Å². The van der Waals surface area contributed by atoms with E-state index < -0.39 is 13.2 Å². The van der Waals surface area contributed by atoms with Gasteiger partial charge in [0, 0.05) is 30.8 Å². The number of hydrogen-bond donors (Lipinski definition) is 1. The Morgan fingerprint density at radius 2 is 1.57 bits per heavy atom. The van der Waals surface area contributed by atoms with Crippen LogP contribution in [0.4, 0.5) is 11.4 Å². The summed E-state index contributed by atoms with van der Waals surface area (Å²) in [6.07, 6.45) is 3.04. The second kappa shape index (κ2) is 13.1. The SMILES string of the molecule is COc1ccc([C@@H](Nc2ccccc2)[P@@](=O)(O[C@@H]2C[C@H](C)CC[C@H]2C(C)C)c2ccc(N(C)C)cc2)cc1OC. The van der Waals surface area contributed by atoms with Gasteiger partial charge in [0.05, 0.1) is 20.3 Å². The highest BCUT2D eigenvalue weighted by atomic mass is 31.2. The molecule has 0 saturated heterocycles. The average molecular weight is 565 g/mol. The van der Waals surface area contributed by atoms with Crippen LogP contribution in [0.25, 0.3) is 0 Å². The predicted octanol–water partition coefficient (Wildman–Crippen LogP) is 7.96. The van der Waals surface area contributed by atoms with Crippen LogP contribution in [0, 0.1) is 17.8 Å². The Morgan fingerprint density at radius 1 is 0.900 bits per heavy atom. The van der Waals surface area contributed by atoms with E-state index in [-0.39, 0.29) is 6.10 Å². The van der Waals surface area contributed by atoms with Crippen molar-refractivity contribution >= 4 is 24.0 Å². The molecule has 0 amide bonds. The lowest BCUT2D eigenvalue weighted by molar-refractivity contribution is 0.0488. The van der Waals surface area contributed by atoms with Crippen molar-refractivity contribution in [3.63, 3.8) is 0 Å².